The van der Waals surface area contributed by atoms with Crippen molar-refractivity contribution < 1.29 is 27.0 Å². The van der Waals surface area contributed by atoms with Gasteiger partial charge in [0.25, 0.3) is 0 Å². The largest absolute Gasteiger partial charge is 0.467 e. The van der Waals surface area contributed by atoms with Crippen molar-refractivity contribution in [2.24, 2.45) is 15.9 Å². The molecule has 0 aliphatic carbocycles. The highest BCUT2D eigenvalue weighted by molar-refractivity contribution is 5.79. The molecule has 1 aromatic carbocycles. The number of alkyl halides is 3. The van der Waals surface area contributed by atoms with Crippen LogP contribution in [0.3, 0.4) is 0 Å². The van der Waals surface area contributed by atoms with Crippen LogP contribution in [0.4, 0.5) is 23.2 Å². The lowest BCUT2D eigenvalue weighted by atomic mass is 9.96. The molecule has 2 saturated heterocycles. The second kappa shape index (κ2) is 12.5. The van der Waals surface area contributed by atoms with E-state index in [2.05, 4.69) is 28.5 Å². The van der Waals surface area contributed by atoms with Gasteiger partial charge in [0.2, 0.25) is 0 Å². The normalized spacial score (nSPS) is 21.1. The molecule has 3 atom stereocenters. The minimum Gasteiger partial charge on any atom is -0.467 e. The van der Waals surface area contributed by atoms with E-state index < -0.39 is 34.9 Å². The quantitative estimate of drug-likeness (QED) is 0.233. The van der Waals surface area contributed by atoms with E-state index in [1.54, 1.807) is 13.8 Å². The Bertz CT molecular complexity index is 930. The van der Waals surface area contributed by atoms with Crippen LogP contribution in [-0.4, -0.2) is 51.0 Å². The predicted molar refractivity (Wildman–Crippen MR) is 131 cm³/mol. The summed E-state index contributed by atoms with van der Waals surface area (Å²) in [6.07, 6.45) is -1.78. The number of anilines is 1. The fourth-order valence-electron chi connectivity index (χ4n) is 4.61. The molecule has 2 aliphatic heterocycles. The number of rotatable bonds is 5. The molecule has 35 heavy (non-hydrogen) atoms. The molecule has 0 saturated carbocycles. The van der Waals surface area contributed by atoms with E-state index in [4.69, 9.17) is 15.2 Å². The number of nitrogens with two attached hydrogens (primary N) is 1. The number of fused-ring (bicyclic) bond motifs is 1. The summed E-state index contributed by atoms with van der Waals surface area (Å²) < 4.78 is 64.5. The second-order valence-electron chi connectivity index (χ2n) is 9.19. The monoisotopic (exact) mass is 500 g/mol. The van der Waals surface area contributed by atoms with Gasteiger partial charge in [0.1, 0.15) is 0 Å². The average Bonchev–Trinajstić information content (AvgIpc) is 3.36. The Morgan fingerprint density at radius 3 is 2.49 bits per heavy atom. The maximum atomic E-state index is 14.5. The molecule has 6 nitrogen and oxygen atoms in total. The zero-order valence-electron chi connectivity index (χ0n) is 21.1. The minimum absolute atomic E-state index is 0.0693. The zero-order chi connectivity index (χ0) is 26.3. The molecule has 1 aromatic rings. The molecule has 196 valence electrons. The van der Waals surface area contributed by atoms with Crippen molar-refractivity contribution in [3.63, 3.8) is 0 Å². The molecule has 2 heterocycles. The van der Waals surface area contributed by atoms with Gasteiger partial charge >= 0.3 is 12.2 Å². The van der Waals surface area contributed by atoms with Crippen LogP contribution in [0.15, 0.2) is 33.4 Å². The average molecular weight is 501 g/mol. The van der Waals surface area contributed by atoms with E-state index >= 15 is 0 Å². The van der Waals surface area contributed by atoms with E-state index in [0.717, 1.165) is 24.1 Å². The van der Waals surface area contributed by atoms with E-state index in [1.165, 1.54) is 46.6 Å². The Morgan fingerprint density at radius 1 is 1.29 bits per heavy atom. The second-order valence-corrected chi connectivity index (χ2v) is 9.19. The topological polar surface area (TPSA) is 72.4 Å². The molecular formula is C25H36F4N4O2. The van der Waals surface area contributed by atoms with Gasteiger partial charge in [-0.05, 0) is 64.4 Å². The third-order valence-electron chi connectivity index (χ3n) is 6.35. The summed E-state index contributed by atoms with van der Waals surface area (Å²) >= 11 is 0. The van der Waals surface area contributed by atoms with Crippen LogP contribution in [-0.2, 0) is 15.7 Å². The third kappa shape index (κ3) is 7.51. The summed E-state index contributed by atoms with van der Waals surface area (Å²) in [6.45, 7) is 11.8. The van der Waals surface area contributed by atoms with Crippen LogP contribution >= 0.6 is 0 Å². The Labute approximate surface area is 204 Å². The van der Waals surface area contributed by atoms with Gasteiger partial charge in [-0.1, -0.05) is 12.5 Å². The van der Waals surface area contributed by atoms with Crippen molar-refractivity contribution in [1.82, 2.24) is 4.90 Å². The number of nitrogens with zero attached hydrogens (tertiary/aromatic N) is 3. The zero-order valence-corrected chi connectivity index (χ0v) is 21.1. The first kappa shape index (κ1) is 28.8. The Morgan fingerprint density at radius 2 is 1.97 bits per heavy atom. The smallest absolute Gasteiger partial charge is 0.416 e. The Balaban J connectivity index is 0.000000393. The van der Waals surface area contributed by atoms with E-state index in [0.29, 0.717) is 11.3 Å². The lowest BCUT2D eigenvalue weighted by Crippen LogP contribution is -2.22. The number of nitrogen functional groups attached to an aromatic ring is 1. The standard InChI is InChI=1S/C17H21F4N3O2.C8H15N/c1-9(2)12(24-16(23-3)26-5)8-13(25-4)14-10(17(19,20)21)6-7-11(22)15(14)18;1-7-5-8-3-2-4-9(8)6-7/h6-7,13H,3,8,22H2,1-2,4-5H3;7-8H,2-6H2,1H3. The number of benzene rings is 1. The van der Waals surface area contributed by atoms with Gasteiger partial charge < -0.3 is 20.1 Å². The van der Waals surface area contributed by atoms with E-state index in [-0.39, 0.29) is 12.4 Å². The SMILES string of the molecule is C=NC(=NC(CC(OC)c1c(C(F)(F)F)ccc(N)c1F)=C(C)C)OC.CC1CC2CCCN2C1. The fourth-order valence-corrected chi connectivity index (χ4v) is 4.61. The van der Waals surface area contributed by atoms with Gasteiger partial charge in [-0.15, -0.1) is 0 Å². The van der Waals surface area contributed by atoms with Gasteiger partial charge in [0.15, 0.2) is 5.82 Å². The highest BCUT2D eigenvalue weighted by Crippen LogP contribution is 2.40. The number of hydrogen-bond donors (Lipinski definition) is 1. The summed E-state index contributed by atoms with van der Waals surface area (Å²) in [5.41, 5.74) is 4.24. The molecule has 2 N–H and O–H groups in total. The number of methoxy groups -OCH3 is 2. The van der Waals surface area contributed by atoms with Gasteiger partial charge in [-0.2, -0.15) is 13.2 Å². The van der Waals surface area contributed by atoms with Crippen molar-refractivity contribution >= 4 is 18.4 Å². The van der Waals surface area contributed by atoms with Gasteiger partial charge in [-0.3, -0.25) is 0 Å². The van der Waals surface area contributed by atoms with Crippen LogP contribution in [0.25, 0.3) is 0 Å². The lowest BCUT2D eigenvalue weighted by molar-refractivity contribution is -0.139. The molecule has 0 aromatic heterocycles. The summed E-state index contributed by atoms with van der Waals surface area (Å²) in [5, 5.41) is 0. The van der Waals surface area contributed by atoms with Crippen molar-refractivity contribution in [2.45, 2.75) is 64.8 Å². The highest BCUT2D eigenvalue weighted by Gasteiger charge is 2.38. The summed E-state index contributed by atoms with van der Waals surface area (Å²) in [5.74, 6) is -0.187. The molecule has 0 bridgehead atoms. The number of aliphatic imine (C=N–C) groups is 2. The number of allylic oxidation sites excluding steroid dienone is 1. The maximum Gasteiger partial charge on any atom is 0.416 e. The molecule has 2 fully saturated rings. The molecular weight excluding hydrogens is 464 g/mol. The molecule has 3 rings (SSSR count). The third-order valence-corrected chi connectivity index (χ3v) is 6.35. The van der Waals surface area contributed by atoms with Crippen LogP contribution in [0.5, 0.6) is 0 Å². The summed E-state index contributed by atoms with van der Waals surface area (Å²) in [4.78, 5) is 10.3. The van der Waals surface area contributed by atoms with Crippen LogP contribution in [0.2, 0.25) is 0 Å². The first-order valence-corrected chi connectivity index (χ1v) is 11.6. The summed E-state index contributed by atoms with van der Waals surface area (Å²) in [7, 11) is 2.51. The van der Waals surface area contributed by atoms with Crippen molar-refractivity contribution in [3.05, 3.63) is 40.3 Å². The van der Waals surface area contributed by atoms with Gasteiger partial charge in [0, 0.05) is 37.4 Å². The van der Waals surface area contributed by atoms with Crippen molar-refractivity contribution in [3.8, 4) is 0 Å². The molecule has 0 radical (unpaired) electrons. The van der Waals surface area contributed by atoms with Gasteiger partial charge in [0.05, 0.1) is 24.5 Å². The molecule has 10 heteroatoms. The first-order valence-electron chi connectivity index (χ1n) is 11.6. The molecule has 3 unspecified atom stereocenters. The minimum atomic E-state index is -4.77. The fraction of sp³-hybridized carbons (Fsp3) is 0.600. The molecule has 2 aliphatic rings. The molecule has 0 amide bonds. The van der Waals surface area contributed by atoms with E-state index in [1.807, 2.05) is 0 Å². The van der Waals surface area contributed by atoms with Crippen LogP contribution < -0.4 is 5.73 Å². The number of halogens is 4. The predicted octanol–water partition coefficient (Wildman–Crippen LogP) is 5.99. The van der Waals surface area contributed by atoms with Crippen LogP contribution in [0, 0.1) is 11.7 Å². The maximum absolute atomic E-state index is 14.5. The summed E-state index contributed by atoms with van der Waals surface area (Å²) in [6, 6.07) is 2.52. The van der Waals surface area contributed by atoms with Crippen molar-refractivity contribution in [2.75, 3.05) is 33.0 Å². The Hall–Kier alpha value is -2.46. The highest BCUT2D eigenvalue weighted by atomic mass is 19.4. The lowest BCUT2D eigenvalue weighted by Gasteiger charge is -2.22. The number of ether oxygens (including phenoxy) is 2. The Kier molecular flexibility index (Phi) is 10.3. The van der Waals surface area contributed by atoms with Crippen molar-refractivity contribution in [1.29, 1.82) is 0 Å². The van der Waals surface area contributed by atoms with Crippen LogP contribution in [0.1, 0.15) is 63.7 Å². The number of amidine groups is 1. The van der Waals surface area contributed by atoms with Gasteiger partial charge in [-0.25, -0.2) is 14.4 Å². The first-order chi connectivity index (χ1) is 16.4. The molecule has 0 spiro atoms. The van der Waals surface area contributed by atoms with E-state index in [9.17, 15) is 17.6 Å². The number of hydrogen-bond acceptors (Lipinski definition) is 5.